The van der Waals surface area contributed by atoms with Crippen LogP contribution in [0.2, 0.25) is 0 Å². The molecule has 1 aromatic heterocycles. The molecule has 1 rings (SSSR count). The monoisotopic (exact) mass is 355 g/mol. The predicted octanol–water partition coefficient (Wildman–Crippen LogP) is 2.21. The van der Waals surface area contributed by atoms with Crippen LogP contribution < -0.4 is 5.32 Å². The number of halogens is 2. The van der Waals surface area contributed by atoms with Crippen molar-refractivity contribution >= 4 is 49.3 Å². The number of hydrogen-bond acceptors (Lipinski definition) is 4. The minimum Gasteiger partial charge on any atom is -0.344 e. The Hall–Kier alpha value is -0.0100. The molecule has 0 aliphatic carbocycles. The Bertz CT molecular complexity index is 305. The highest BCUT2D eigenvalue weighted by Gasteiger charge is 2.28. The Morgan fingerprint density at radius 3 is 2.67 bits per heavy atom. The highest BCUT2D eigenvalue weighted by molar-refractivity contribution is 9.09. The van der Waals surface area contributed by atoms with Gasteiger partial charge < -0.3 is 5.32 Å². The Balaban J connectivity index is 2.71. The number of alkyl halides is 2. The number of hydrogen-bond donors (Lipinski definition) is 1. The second-order valence-corrected chi connectivity index (χ2v) is 4.88. The Morgan fingerprint density at radius 1 is 1.60 bits per heavy atom. The zero-order valence-electron chi connectivity index (χ0n) is 8.17. The number of aromatic nitrogens is 2. The molecule has 0 aromatic carbocycles. The van der Waals surface area contributed by atoms with Crippen LogP contribution in [-0.2, 0) is 0 Å². The molecule has 84 valence electrons. The normalized spacial score (nSPS) is 11.4. The van der Waals surface area contributed by atoms with Gasteiger partial charge in [-0.1, -0.05) is 43.3 Å². The van der Waals surface area contributed by atoms with Crippen LogP contribution in [-0.4, -0.2) is 31.7 Å². The molecular formula is C8H11Br2N3OS. The van der Waals surface area contributed by atoms with E-state index in [0.29, 0.717) is 16.4 Å². The SMILES string of the molecule is CCC(CBr)(CBr)NC(=O)c1csnn1. The van der Waals surface area contributed by atoms with E-state index in [-0.39, 0.29) is 11.4 Å². The lowest BCUT2D eigenvalue weighted by atomic mass is 10.0. The third-order valence-electron chi connectivity index (χ3n) is 2.16. The lowest BCUT2D eigenvalue weighted by Gasteiger charge is -2.29. The molecule has 0 atom stereocenters. The van der Waals surface area contributed by atoms with E-state index in [9.17, 15) is 4.79 Å². The molecule has 1 N–H and O–H groups in total. The molecule has 0 spiro atoms. The van der Waals surface area contributed by atoms with Gasteiger partial charge in [0.2, 0.25) is 0 Å². The molecule has 15 heavy (non-hydrogen) atoms. The summed E-state index contributed by atoms with van der Waals surface area (Å²) >= 11 is 7.99. The van der Waals surface area contributed by atoms with Crippen LogP contribution >= 0.6 is 43.4 Å². The van der Waals surface area contributed by atoms with E-state index in [2.05, 4.69) is 46.8 Å². The molecule has 0 unspecified atom stereocenters. The molecule has 0 saturated heterocycles. The minimum absolute atomic E-state index is 0.176. The molecule has 0 fully saturated rings. The van der Waals surface area contributed by atoms with Gasteiger partial charge in [0, 0.05) is 16.0 Å². The van der Waals surface area contributed by atoms with Gasteiger partial charge in [-0.25, -0.2) is 0 Å². The summed E-state index contributed by atoms with van der Waals surface area (Å²) in [6.45, 7) is 2.03. The Labute approximate surface area is 109 Å². The van der Waals surface area contributed by atoms with E-state index in [0.717, 1.165) is 6.42 Å². The van der Waals surface area contributed by atoms with Crippen molar-refractivity contribution in [2.24, 2.45) is 0 Å². The fourth-order valence-corrected chi connectivity index (χ4v) is 3.39. The number of nitrogens with one attached hydrogen (secondary N) is 1. The first-order valence-corrected chi connectivity index (χ1v) is 7.47. The molecule has 0 radical (unpaired) electrons. The molecule has 0 aliphatic rings. The quantitative estimate of drug-likeness (QED) is 0.823. The first-order valence-electron chi connectivity index (χ1n) is 4.39. The summed E-state index contributed by atoms with van der Waals surface area (Å²) in [6, 6.07) is 0. The fourth-order valence-electron chi connectivity index (χ4n) is 0.948. The summed E-state index contributed by atoms with van der Waals surface area (Å²) in [5, 5.41) is 9.72. The third-order valence-corrected chi connectivity index (χ3v) is 4.81. The Morgan fingerprint density at radius 2 is 2.27 bits per heavy atom. The van der Waals surface area contributed by atoms with Gasteiger partial charge in [-0.2, -0.15) is 0 Å². The van der Waals surface area contributed by atoms with Crippen LogP contribution in [0.5, 0.6) is 0 Å². The molecule has 1 aromatic rings. The lowest BCUT2D eigenvalue weighted by Crippen LogP contribution is -2.51. The molecule has 0 bridgehead atoms. The summed E-state index contributed by atoms with van der Waals surface area (Å²) in [5.74, 6) is -0.176. The van der Waals surface area contributed by atoms with Crippen LogP contribution in [0.1, 0.15) is 23.8 Å². The van der Waals surface area contributed by atoms with E-state index in [1.54, 1.807) is 5.38 Å². The van der Waals surface area contributed by atoms with Crippen LogP contribution in [0.4, 0.5) is 0 Å². The van der Waals surface area contributed by atoms with Crippen molar-refractivity contribution in [1.82, 2.24) is 14.9 Å². The minimum atomic E-state index is -0.263. The van der Waals surface area contributed by atoms with Crippen LogP contribution in [0, 0.1) is 0 Å². The maximum atomic E-state index is 11.7. The van der Waals surface area contributed by atoms with Crippen molar-refractivity contribution in [2.75, 3.05) is 10.7 Å². The maximum absolute atomic E-state index is 11.7. The van der Waals surface area contributed by atoms with Crippen LogP contribution in [0.25, 0.3) is 0 Å². The standard InChI is InChI=1S/C8H11Br2N3OS/c1-2-8(4-9,5-10)11-7(14)6-3-15-13-12-6/h3H,2,4-5H2,1H3,(H,11,14). The van der Waals surface area contributed by atoms with E-state index in [1.807, 2.05) is 6.92 Å². The van der Waals surface area contributed by atoms with E-state index < -0.39 is 0 Å². The van der Waals surface area contributed by atoms with E-state index in [1.165, 1.54) is 11.5 Å². The topological polar surface area (TPSA) is 54.9 Å². The summed E-state index contributed by atoms with van der Waals surface area (Å²) < 4.78 is 3.66. The number of amides is 1. The zero-order valence-corrected chi connectivity index (χ0v) is 12.2. The van der Waals surface area contributed by atoms with Crippen LogP contribution in [0.15, 0.2) is 5.38 Å². The average Bonchev–Trinajstić information content (AvgIpc) is 2.79. The van der Waals surface area contributed by atoms with Crippen molar-refractivity contribution in [2.45, 2.75) is 18.9 Å². The van der Waals surface area contributed by atoms with Gasteiger partial charge in [0.25, 0.3) is 5.91 Å². The molecular weight excluding hydrogens is 346 g/mol. The van der Waals surface area contributed by atoms with Crippen molar-refractivity contribution in [3.8, 4) is 0 Å². The second-order valence-electron chi connectivity index (χ2n) is 3.15. The average molecular weight is 357 g/mol. The van der Waals surface area contributed by atoms with Crippen molar-refractivity contribution < 1.29 is 4.79 Å². The predicted molar refractivity (Wildman–Crippen MR) is 68.0 cm³/mol. The molecule has 0 aliphatic heterocycles. The second kappa shape index (κ2) is 5.91. The summed E-state index contributed by atoms with van der Waals surface area (Å²) in [7, 11) is 0. The first kappa shape index (κ1) is 13.1. The lowest BCUT2D eigenvalue weighted by molar-refractivity contribution is 0.0910. The third kappa shape index (κ3) is 3.22. The van der Waals surface area contributed by atoms with Crippen molar-refractivity contribution in [1.29, 1.82) is 0 Å². The number of rotatable bonds is 5. The molecule has 1 heterocycles. The van der Waals surface area contributed by atoms with Gasteiger partial charge in [0.1, 0.15) is 0 Å². The molecule has 0 saturated carbocycles. The van der Waals surface area contributed by atoms with Gasteiger partial charge in [0.05, 0.1) is 5.54 Å². The molecule has 1 amide bonds. The van der Waals surface area contributed by atoms with Gasteiger partial charge in [0.15, 0.2) is 5.69 Å². The van der Waals surface area contributed by atoms with Gasteiger partial charge in [-0.15, -0.1) is 5.10 Å². The number of carbonyl (C=O) groups excluding carboxylic acids is 1. The van der Waals surface area contributed by atoms with E-state index >= 15 is 0 Å². The smallest absolute Gasteiger partial charge is 0.273 e. The Kier molecular flexibility index (Phi) is 5.14. The summed E-state index contributed by atoms with van der Waals surface area (Å²) in [5.41, 5.74) is 0.112. The molecule has 7 heteroatoms. The highest BCUT2D eigenvalue weighted by atomic mass is 79.9. The zero-order chi connectivity index (χ0) is 11.3. The summed E-state index contributed by atoms with van der Waals surface area (Å²) in [6.07, 6.45) is 0.840. The van der Waals surface area contributed by atoms with Gasteiger partial charge >= 0.3 is 0 Å². The van der Waals surface area contributed by atoms with Gasteiger partial charge in [-0.05, 0) is 18.0 Å². The molecule has 4 nitrogen and oxygen atoms in total. The largest absolute Gasteiger partial charge is 0.344 e. The number of nitrogens with zero attached hydrogens (tertiary/aromatic N) is 2. The van der Waals surface area contributed by atoms with Crippen molar-refractivity contribution in [3.05, 3.63) is 11.1 Å². The summed E-state index contributed by atoms with van der Waals surface area (Å²) in [4.78, 5) is 11.7. The maximum Gasteiger partial charge on any atom is 0.273 e. The number of carbonyl (C=O) groups is 1. The fraction of sp³-hybridized carbons (Fsp3) is 0.625. The van der Waals surface area contributed by atoms with Gasteiger partial charge in [-0.3, -0.25) is 4.79 Å². The van der Waals surface area contributed by atoms with Crippen LogP contribution in [0.3, 0.4) is 0 Å². The van der Waals surface area contributed by atoms with E-state index in [4.69, 9.17) is 0 Å². The first-order chi connectivity index (χ1) is 7.17. The highest BCUT2D eigenvalue weighted by Crippen LogP contribution is 2.17. The van der Waals surface area contributed by atoms with Crippen molar-refractivity contribution in [3.63, 3.8) is 0 Å².